The van der Waals surface area contributed by atoms with Crippen LogP contribution in [0, 0.1) is 24.5 Å². The summed E-state index contributed by atoms with van der Waals surface area (Å²) in [6, 6.07) is 6.58. The largest absolute Gasteiger partial charge is 0.385 e. The summed E-state index contributed by atoms with van der Waals surface area (Å²) < 4.78 is 31.7. The number of hydrogen-bond donors (Lipinski definition) is 2. The molecule has 4 aromatic rings. The number of hydrogen-bond acceptors (Lipinski definition) is 7. The van der Waals surface area contributed by atoms with Gasteiger partial charge in [-0.1, -0.05) is 13.0 Å². The molecule has 8 nitrogen and oxygen atoms in total. The van der Waals surface area contributed by atoms with E-state index in [9.17, 15) is 13.9 Å². The molecule has 4 heterocycles. The average molecular weight is 536 g/mol. The number of nitrogens with zero attached hydrogens (tertiary/aromatic N) is 6. The number of piperidine rings is 1. The van der Waals surface area contributed by atoms with Gasteiger partial charge in [0.05, 0.1) is 17.3 Å². The second-order valence-corrected chi connectivity index (χ2v) is 10.8. The van der Waals surface area contributed by atoms with Gasteiger partial charge in [-0.2, -0.15) is 0 Å². The Labute approximate surface area is 227 Å². The highest BCUT2D eigenvalue weighted by molar-refractivity contribution is 5.83. The molecule has 0 radical (unpaired) electrons. The number of nitrogens with one attached hydrogen (secondary N) is 1. The van der Waals surface area contributed by atoms with Crippen molar-refractivity contribution < 1.29 is 13.9 Å². The number of anilines is 2. The first-order chi connectivity index (χ1) is 18.6. The Balaban J connectivity index is 1.39. The fourth-order valence-corrected chi connectivity index (χ4v) is 5.62. The van der Waals surface area contributed by atoms with Crippen molar-refractivity contribution in [2.24, 2.45) is 5.92 Å². The van der Waals surface area contributed by atoms with Crippen molar-refractivity contribution in [3.8, 4) is 11.3 Å². The molecule has 1 atom stereocenters. The van der Waals surface area contributed by atoms with Crippen LogP contribution in [0.5, 0.6) is 0 Å². The number of fused-ring (bicyclic) bond motifs is 1. The van der Waals surface area contributed by atoms with E-state index in [0.29, 0.717) is 22.7 Å². The van der Waals surface area contributed by atoms with Crippen molar-refractivity contribution >= 4 is 22.8 Å². The van der Waals surface area contributed by atoms with Crippen LogP contribution in [-0.2, 0) is 5.60 Å². The zero-order chi connectivity index (χ0) is 27.9. The predicted octanol–water partition coefficient (Wildman–Crippen LogP) is 5.74. The number of aliphatic hydroxyl groups is 1. The fraction of sp³-hybridized carbons (Fsp3) is 0.448. The molecule has 39 heavy (non-hydrogen) atoms. The molecule has 206 valence electrons. The highest BCUT2D eigenvalue weighted by Crippen LogP contribution is 2.36. The highest BCUT2D eigenvalue weighted by atomic mass is 19.1. The van der Waals surface area contributed by atoms with E-state index in [-0.39, 0.29) is 29.1 Å². The fourth-order valence-electron chi connectivity index (χ4n) is 5.62. The maximum absolute atomic E-state index is 15.0. The molecule has 0 saturated carbocycles. The first-order valence-corrected chi connectivity index (χ1v) is 13.5. The number of imidazole rings is 1. The molecule has 0 amide bonds. The molecule has 1 aliphatic heterocycles. The maximum Gasteiger partial charge on any atom is 0.229 e. The van der Waals surface area contributed by atoms with E-state index in [4.69, 9.17) is 0 Å². The van der Waals surface area contributed by atoms with Gasteiger partial charge < -0.3 is 19.9 Å². The summed E-state index contributed by atoms with van der Waals surface area (Å²) in [5, 5.41) is 14.3. The molecule has 1 saturated heterocycles. The molecule has 5 rings (SSSR count). The summed E-state index contributed by atoms with van der Waals surface area (Å²) in [4.78, 5) is 19.6. The molecule has 1 aromatic carbocycles. The van der Waals surface area contributed by atoms with Gasteiger partial charge >= 0.3 is 0 Å². The standard InChI is InChI=1S/C29H35F2N7O/c1-6-37-11-9-20(10-12-37)29(5,39)21-7-8-25(32-15-21)35-28-33-16-23(31)26(36-28)19-13-22(30)27-24(14-19)38(17(2)3)18(4)34-27/h7-8,13-17,20,39H,6,9-12H2,1-5H3,(H,32,33,35,36). The third-order valence-electron chi connectivity index (χ3n) is 7.88. The van der Waals surface area contributed by atoms with Gasteiger partial charge in [-0.15, -0.1) is 0 Å². The topological polar surface area (TPSA) is 92.0 Å². The van der Waals surface area contributed by atoms with Gasteiger partial charge in [0, 0.05) is 23.4 Å². The van der Waals surface area contributed by atoms with E-state index in [0.717, 1.165) is 44.2 Å². The quantitative estimate of drug-likeness (QED) is 0.312. The monoisotopic (exact) mass is 535 g/mol. The second-order valence-electron chi connectivity index (χ2n) is 10.8. The van der Waals surface area contributed by atoms with Gasteiger partial charge in [-0.05, 0) is 84.3 Å². The Morgan fingerprint density at radius 3 is 2.46 bits per heavy atom. The molecule has 2 N–H and O–H groups in total. The predicted molar refractivity (Wildman–Crippen MR) is 148 cm³/mol. The SMILES string of the molecule is CCN1CCC(C(C)(O)c2ccc(Nc3ncc(F)c(-c4cc(F)c5nc(C)n(C(C)C)c5c4)n3)nc2)CC1. The molecule has 10 heteroatoms. The van der Waals surface area contributed by atoms with Crippen molar-refractivity contribution in [2.45, 2.75) is 59.1 Å². The van der Waals surface area contributed by atoms with Crippen LogP contribution in [0.1, 0.15) is 58.0 Å². The van der Waals surface area contributed by atoms with Crippen LogP contribution in [0.25, 0.3) is 22.3 Å². The molecule has 1 fully saturated rings. The molecule has 3 aromatic heterocycles. The van der Waals surface area contributed by atoms with Crippen molar-refractivity contribution in [2.75, 3.05) is 25.0 Å². The summed E-state index contributed by atoms with van der Waals surface area (Å²) in [5.41, 5.74) is 0.834. The third kappa shape index (κ3) is 5.23. The number of aromatic nitrogens is 5. The van der Waals surface area contributed by atoms with E-state index in [1.54, 1.807) is 18.3 Å². The van der Waals surface area contributed by atoms with Crippen LogP contribution in [0.2, 0.25) is 0 Å². The third-order valence-corrected chi connectivity index (χ3v) is 7.88. The normalized spacial score (nSPS) is 16.6. The minimum absolute atomic E-state index is 0.0274. The van der Waals surface area contributed by atoms with Crippen LogP contribution >= 0.6 is 0 Å². The molecule has 0 bridgehead atoms. The Morgan fingerprint density at radius 1 is 1.08 bits per heavy atom. The average Bonchev–Trinajstić information content (AvgIpc) is 3.26. The zero-order valence-electron chi connectivity index (χ0n) is 23.0. The highest BCUT2D eigenvalue weighted by Gasteiger charge is 2.36. The number of aryl methyl sites for hydroxylation is 1. The molecule has 0 aliphatic carbocycles. The van der Waals surface area contributed by atoms with E-state index in [1.807, 2.05) is 38.3 Å². The minimum Gasteiger partial charge on any atom is -0.385 e. The van der Waals surface area contributed by atoms with Gasteiger partial charge in [0.25, 0.3) is 0 Å². The van der Waals surface area contributed by atoms with Crippen molar-refractivity contribution in [1.82, 2.24) is 29.4 Å². The van der Waals surface area contributed by atoms with Crippen LogP contribution in [0.3, 0.4) is 0 Å². The maximum atomic E-state index is 15.0. The van der Waals surface area contributed by atoms with Crippen molar-refractivity contribution in [3.05, 3.63) is 59.7 Å². The van der Waals surface area contributed by atoms with E-state index in [2.05, 4.69) is 37.1 Å². The van der Waals surface area contributed by atoms with Gasteiger partial charge in [0.15, 0.2) is 11.6 Å². The van der Waals surface area contributed by atoms with Crippen LogP contribution in [-0.4, -0.2) is 54.1 Å². The smallest absolute Gasteiger partial charge is 0.229 e. The van der Waals surface area contributed by atoms with Crippen LogP contribution < -0.4 is 5.32 Å². The lowest BCUT2D eigenvalue weighted by Crippen LogP contribution is -2.41. The van der Waals surface area contributed by atoms with Crippen molar-refractivity contribution in [3.63, 3.8) is 0 Å². The summed E-state index contributed by atoms with van der Waals surface area (Å²) in [6.07, 6.45) is 4.56. The lowest BCUT2D eigenvalue weighted by atomic mass is 9.78. The number of rotatable bonds is 7. The second kappa shape index (κ2) is 10.6. The van der Waals surface area contributed by atoms with E-state index >= 15 is 0 Å². The van der Waals surface area contributed by atoms with Gasteiger partial charge in [0.2, 0.25) is 5.95 Å². The Kier molecular flexibility index (Phi) is 7.35. The first-order valence-electron chi connectivity index (χ1n) is 13.5. The summed E-state index contributed by atoms with van der Waals surface area (Å²) in [6.45, 7) is 12.8. The van der Waals surface area contributed by atoms with Crippen molar-refractivity contribution in [1.29, 1.82) is 0 Å². The van der Waals surface area contributed by atoms with Gasteiger partial charge in [-0.3, -0.25) is 0 Å². The Hall–Kier alpha value is -3.50. The molecular formula is C29H35F2N7O. The number of pyridine rings is 1. The summed E-state index contributed by atoms with van der Waals surface area (Å²) in [7, 11) is 0. The van der Waals surface area contributed by atoms with E-state index < -0.39 is 17.2 Å². The van der Waals surface area contributed by atoms with Gasteiger partial charge in [-0.25, -0.2) is 28.7 Å². The number of benzene rings is 1. The lowest BCUT2D eigenvalue weighted by molar-refractivity contribution is -0.0326. The van der Waals surface area contributed by atoms with E-state index in [1.165, 1.54) is 6.07 Å². The molecular weight excluding hydrogens is 500 g/mol. The summed E-state index contributed by atoms with van der Waals surface area (Å²) >= 11 is 0. The molecule has 0 spiro atoms. The van der Waals surface area contributed by atoms with Crippen LogP contribution in [0.4, 0.5) is 20.5 Å². The number of halogens is 2. The zero-order valence-corrected chi connectivity index (χ0v) is 23.0. The molecule has 1 aliphatic rings. The van der Waals surface area contributed by atoms with Gasteiger partial charge in [0.1, 0.15) is 22.9 Å². The summed E-state index contributed by atoms with van der Waals surface area (Å²) in [5.74, 6) is 0.198. The molecule has 1 unspecified atom stereocenters. The minimum atomic E-state index is -0.992. The van der Waals surface area contributed by atoms with Crippen LogP contribution in [0.15, 0.2) is 36.7 Å². The number of likely N-dealkylation sites (tertiary alicyclic amines) is 1. The first kappa shape index (κ1) is 27.1. The lowest BCUT2D eigenvalue weighted by Gasteiger charge is -2.39. The Bertz CT molecular complexity index is 1480. The Morgan fingerprint density at radius 2 is 1.82 bits per heavy atom.